The SMILES string of the molecule is Cc1ccc2c(c1)P(=O)(c1cc(C)cc3c1OC1(CC3(C)C)CC(C)(C)c3cc(C)cc(P4(=O)c5cc(C)ccc5Oc5ccc(C)cc54)c3O1)c1cc(C)ccc1O2. The molecule has 0 radical (unpaired) electrons. The van der Waals surface area contributed by atoms with Gasteiger partial charge in [0.1, 0.15) is 34.5 Å². The standard InChI is InChI=1S/C51H50O6P2/c1-29-11-15-37-41(21-29)58(52,42-22-30(2)12-16-38(42)54-37)45-25-33(5)19-35-47(45)56-51(27-49(35,7)8)28-50(9,10)36-20-34(6)26-46(48(36)57-51)59(53)43-23-31(3)13-17-39(43)55-40-18-14-32(4)24-44(40)59/h11-26H,27-28H2,1-10H3. The summed E-state index contributed by atoms with van der Waals surface area (Å²) in [4.78, 5) is 0. The average Bonchev–Trinajstić information content (AvgIpc) is 3.16. The number of hydrogen-bond donors (Lipinski definition) is 0. The molecule has 59 heavy (non-hydrogen) atoms. The highest BCUT2D eigenvalue weighted by atomic mass is 31.2. The highest BCUT2D eigenvalue weighted by molar-refractivity contribution is 7.86. The summed E-state index contributed by atoms with van der Waals surface area (Å²) in [5, 5.41) is 3.94. The number of hydrogen-bond acceptors (Lipinski definition) is 6. The van der Waals surface area contributed by atoms with Crippen molar-refractivity contribution in [1.29, 1.82) is 0 Å². The fourth-order valence-electron chi connectivity index (χ4n) is 10.2. The van der Waals surface area contributed by atoms with E-state index in [1.807, 2.05) is 113 Å². The lowest BCUT2D eigenvalue weighted by molar-refractivity contribution is -0.165. The molecular formula is C51H50O6P2. The first-order valence-corrected chi connectivity index (χ1v) is 23.9. The Kier molecular flexibility index (Phi) is 8.10. The van der Waals surface area contributed by atoms with Gasteiger partial charge in [0.2, 0.25) is 0 Å². The third-order valence-electron chi connectivity index (χ3n) is 12.8. The minimum absolute atomic E-state index is 0.473. The predicted octanol–water partition coefficient (Wildman–Crippen LogP) is 10.5. The van der Waals surface area contributed by atoms with Crippen LogP contribution in [0.2, 0.25) is 0 Å². The highest BCUT2D eigenvalue weighted by Gasteiger charge is 2.57. The summed E-state index contributed by atoms with van der Waals surface area (Å²) in [5.74, 6) is 2.33. The van der Waals surface area contributed by atoms with Crippen LogP contribution in [0.15, 0.2) is 97.1 Å². The molecule has 10 rings (SSSR count). The Morgan fingerprint density at radius 2 is 0.695 bits per heavy atom. The molecule has 0 aliphatic carbocycles. The third kappa shape index (κ3) is 5.59. The molecule has 4 aliphatic heterocycles. The van der Waals surface area contributed by atoms with Gasteiger partial charge in [-0.1, -0.05) is 86.3 Å². The van der Waals surface area contributed by atoms with Crippen molar-refractivity contribution in [2.24, 2.45) is 0 Å². The van der Waals surface area contributed by atoms with Crippen molar-refractivity contribution >= 4 is 46.1 Å². The van der Waals surface area contributed by atoms with Gasteiger partial charge >= 0.3 is 0 Å². The molecule has 1 spiro atoms. The van der Waals surface area contributed by atoms with Gasteiger partial charge < -0.3 is 28.1 Å². The van der Waals surface area contributed by atoms with Crippen molar-refractivity contribution < 1.29 is 28.1 Å². The number of benzene rings is 6. The summed E-state index contributed by atoms with van der Waals surface area (Å²) >= 11 is 0. The number of rotatable bonds is 2. The highest BCUT2D eigenvalue weighted by Crippen LogP contribution is 2.61. The predicted molar refractivity (Wildman–Crippen MR) is 240 cm³/mol. The lowest BCUT2D eigenvalue weighted by Crippen LogP contribution is -2.57. The molecule has 0 unspecified atom stereocenters. The average molecular weight is 821 g/mol. The van der Waals surface area contributed by atoms with Gasteiger partial charge in [-0.2, -0.15) is 0 Å². The first kappa shape index (κ1) is 38.2. The van der Waals surface area contributed by atoms with Gasteiger partial charge in [-0.25, -0.2) is 0 Å². The normalized spacial score (nSPS) is 18.9. The van der Waals surface area contributed by atoms with Crippen molar-refractivity contribution in [2.75, 3.05) is 0 Å². The van der Waals surface area contributed by atoms with Crippen LogP contribution in [0.3, 0.4) is 0 Å². The van der Waals surface area contributed by atoms with Crippen molar-refractivity contribution in [2.45, 2.75) is 98.7 Å². The lowest BCUT2D eigenvalue weighted by atomic mass is 9.69. The van der Waals surface area contributed by atoms with E-state index in [0.29, 0.717) is 79.2 Å². The van der Waals surface area contributed by atoms with E-state index >= 15 is 9.13 Å². The maximum absolute atomic E-state index is 16.6. The molecule has 0 saturated heterocycles. The van der Waals surface area contributed by atoms with Gasteiger partial charge in [-0.05, 0) is 113 Å². The van der Waals surface area contributed by atoms with Crippen LogP contribution in [0.1, 0.15) is 85.0 Å². The van der Waals surface area contributed by atoms with E-state index in [9.17, 15) is 0 Å². The monoisotopic (exact) mass is 820 g/mol. The van der Waals surface area contributed by atoms with Gasteiger partial charge in [0, 0.05) is 34.8 Å². The topological polar surface area (TPSA) is 71.1 Å². The van der Waals surface area contributed by atoms with Crippen LogP contribution in [0.5, 0.6) is 34.5 Å². The van der Waals surface area contributed by atoms with E-state index in [1.165, 1.54) is 0 Å². The molecule has 6 aromatic carbocycles. The van der Waals surface area contributed by atoms with Gasteiger partial charge in [-0.3, -0.25) is 0 Å². The second-order valence-electron chi connectivity index (χ2n) is 18.9. The zero-order chi connectivity index (χ0) is 41.6. The first-order valence-electron chi connectivity index (χ1n) is 20.5. The van der Waals surface area contributed by atoms with Crippen LogP contribution in [0.4, 0.5) is 0 Å². The fourth-order valence-corrected chi connectivity index (χ4v) is 16.7. The van der Waals surface area contributed by atoms with Crippen molar-refractivity contribution in [1.82, 2.24) is 0 Å². The molecule has 0 saturated carbocycles. The molecule has 0 bridgehead atoms. The molecule has 8 heteroatoms. The quantitative estimate of drug-likeness (QED) is 0.162. The van der Waals surface area contributed by atoms with Crippen LogP contribution >= 0.6 is 14.3 Å². The molecule has 4 aliphatic rings. The van der Waals surface area contributed by atoms with E-state index in [-0.39, 0.29) is 0 Å². The lowest BCUT2D eigenvalue weighted by Gasteiger charge is -2.52. The second-order valence-corrected chi connectivity index (χ2v) is 24.2. The molecule has 6 aromatic rings. The molecule has 300 valence electrons. The number of ether oxygens (including phenoxy) is 4. The van der Waals surface area contributed by atoms with E-state index in [4.69, 9.17) is 18.9 Å². The third-order valence-corrected chi connectivity index (χ3v) is 19.0. The Morgan fingerprint density at radius 3 is 1.00 bits per heavy atom. The molecule has 0 aromatic heterocycles. The molecule has 6 nitrogen and oxygen atoms in total. The largest absolute Gasteiger partial charge is 0.456 e. The van der Waals surface area contributed by atoms with Crippen LogP contribution in [0.25, 0.3) is 0 Å². The van der Waals surface area contributed by atoms with E-state index in [1.54, 1.807) is 0 Å². The van der Waals surface area contributed by atoms with Gasteiger partial charge in [0.25, 0.3) is 5.79 Å². The van der Waals surface area contributed by atoms with E-state index in [2.05, 4.69) is 53.7 Å². The Bertz CT molecular complexity index is 2630. The summed E-state index contributed by atoms with van der Waals surface area (Å²) in [6.07, 6.45) is 1.04. The molecular weight excluding hydrogens is 771 g/mol. The molecule has 0 fully saturated rings. The minimum atomic E-state index is -3.60. The Labute approximate surface area is 347 Å². The van der Waals surface area contributed by atoms with Crippen LogP contribution in [0, 0.1) is 41.5 Å². The van der Waals surface area contributed by atoms with Crippen molar-refractivity contribution in [3.63, 3.8) is 0 Å². The van der Waals surface area contributed by atoms with Crippen LogP contribution < -0.4 is 50.8 Å². The summed E-state index contributed by atoms with van der Waals surface area (Å²) in [7, 11) is -7.21. The maximum atomic E-state index is 16.6. The first-order chi connectivity index (χ1) is 27.8. The summed E-state index contributed by atoms with van der Waals surface area (Å²) in [6, 6.07) is 32.2. The smallest absolute Gasteiger partial charge is 0.253 e. The zero-order valence-electron chi connectivity index (χ0n) is 35.5. The van der Waals surface area contributed by atoms with Crippen molar-refractivity contribution in [3.8, 4) is 34.5 Å². The zero-order valence-corrected chi connectivity index (χ0v) is 37.3. The van der Waals surface area contributed by atoms with E-state index in [0.717, 1.165) is 44.5 Å². The fraction of sp³-hybridized carbons (Fsp3) is 0.294. The molecule has 0 N–H and O–H groups in total. The molecule has 0 amide bonds. The van der Waals surface area contributed by atoms with E-state index < -0.39 is 30.9 Å². The Balaban J connectivity index is 1.22. The number of aryl methyl sites for hydroxylation is 6. The minimum Gasteiger partial charge on any atom is -0.456 e. The maximum Gasteiger partial charge on any atom is 0.253 e. The molecule has 0 atom stereocenters. The number of fused-ring (bicyclic) bond motifs is 6. The van der Waals surface area contributed by atoms with Gasteiger partial charge in [-0.15, -0.1) is 0 Å². The summed E-state index contributed by atoms with van der Waals surface area (Å²) in [5.41, 5.74) is 7.03. The second kappa shape index (κ2) is 12.5. The summed E-state index contributed by atoms with van der Waals surface area (Å²) < 4.78 is 61.2. The molecule has 4 heterocycles. The van der Waals surface area contributed by atoms with Crippen LogP contribution in [-0.4, -0.2) is 5.79 Å². The Hall–Kier alpha value is -5.02. The van der Waals surface area contributed by atoms with Crippen molar-refractivity contribution in [3.05, 3.63) is 142 Å². The van der Waals surface area contributed by atoms with Gasteiger partial charge in [0.05, 0.1) is 31.8 Å². The Morgan fingerprint density at radius 1 is 0.407 bits per heavy atom. The summed E-state index contributed by atoms with van der Waals surface area (Å²) in [6.45, 7) is 21.2. The van der Waals surface area contributed by atoms with Crippen LogP contribution in [-0.2, 0) is 20.0 Å². The van der Waals surface area contributed by atoms with Gasteiger partial charge in [0.15, 0.2) is 14.3 Å².